The summed E-state index contributed by atoms with van der Waals surface area (Å²) in [5.41, 5.74) is 0.101. The number of benzene rings is 1. The van der Waals surface area contributed by atoms with Gasteiger partial charge in [-0.05, 0) is 39.0 Å². The molecule has 0 unspecified atom stereocenters. The predicted molar refractivity (Wildman–Crippen MR) is 80.4 cm³/mol. The zero-order chi connectivity index (χ0) is 17.0. The van der Waals surface area contributed by atoms with Gasteiger partial charge in [0.1, 0.15) is 17.9 Å². The Morgan fingerprint density at radius 1 is 1.45 bits per heavy atom. The van der Waals surface area contributed by atoms with E-state index in [1.807, 2.05) is 20.8 Å². The zero-order valence-electron chi connectivity index (χ0n) is 13.7. The zero-order valence-corrected chi connectivity index (χ0v) is 12.7. The number of aromatic nitrogens is 2. The molecule has 0 spiro atoms. The minimum absolute atomic E-state index is 0.0320. The van der Waals surface area contributed by atoms with Crippen molar-refractivity contribution in [3.05, 3.63) is 48.3 Å². The van der Waals surface area contributed by atoms with Gasteiger partial charge in [-0.1, -0.05) is 0 Å². The van der Waals surface area contributed by atoms with Crippen LogP contribution < -0.4 is 4.74 Å². The van der Waals surface area contributed by atoms with Gasteiger partial charge in [0, 0.05) is 12.6 Å². The summed E-state index contributed by atoms with van der Waals surface area (Å²) in [5.74, 6) is -0.601. The Morgan fingerprint density at radius 2 is 2.23 bits per heavy atom. The van der Waals surface area contributed by atoms with Gasteiger partial charge in [0.25, 0.3) is 5.91 Å². The van der Waals surface area contributed by atoms with E-state index in [1.165, 1.54) is 24.7 Å². The van der Waals surface area contributed by atoms with Crippen molar-refractivity contribution in [2.45, 2.75) is 26.8 Å². The summed E-state index contributed by atoms with van der Waals surface area (Å²) in [4.78, 5) is 21.8. The van der Waals surface area contributed by atoms with Crippen molar-refractivity contribution >= 4 is 5.91 Å². The number of hydrogen-bond donors (Lipinski definition) is 0. The quantitative estimate of drug-likeness (QED) is 0.850. The molecule has 22 heavy (non-hydrogen) atoms. The van der Waals surface area contributed by atoms with Crippen molar-refractivity contribution in [3.8, 4) is 11.5 Å². The molecule has 0 aliphatic rings. The van der Waals surface area contributed by atoms with Crippen molar-refractivity contribution in [1.82, 2.24) is 14.9 Å². The number of carbonyl (C=O) groups is 1. The first-order valence-corrected chi connectivity index (χ1v) is 6.99. The van der Waals surface area contributed by atoms with Crippen LogP contribution in [0.15, 0.2) is 36.9 Å². The van der Waals surface area contributed by atoms with E-state index in [4.69, 9.17) is 6.11 Å². The van der Waals surface area contributed by atoms with Crippen molar-refractivity contribution in [3.63, 3.8) is 0 Å². The van der Waals surface area contributed by atoms with Crippen LogP contribution in [0.4, 0.5) is 4.39 Å². The number of halogens is 1. The number of rotatable bonds is 5. The van der Waals surface area contributed by atoms with E-state index in [0.717, 1.165) is 6.07 Å². The third kappa shape index (κ3) is 3.58. The Bertz CT molecular complexity index is 709. The van der Waals surface area contributed by atoms with Gasteiger partial charge in [-0.15, -0.1) is 0 Å². The lowest BCUT2D eigenvalue weighted by Crippen LogP contribution is -2.36. The van der Waals surface area contributed by atoms with Crippen LogP contribution in [0, 0.1) is 5.82 Å². The molecule has 6 heteroatoms. The van der Waals surface area contributed by atoms with E-state index in [9.17, 15) is 9.18 Å². The number of nitrogens with zero attached hydrogens (tertiary/aromatic N) is 3. The predicted octanol–water partition coefficient (Wildman–Crippen LogP) is 3.28. The second-order valence-electron chi connectivity index (χ2n) is 4.93. The monoisotopic (exact) mass is 304 g/mol. The molecule has 0 atom stereocenters. The fourth-order valence-electron chi connectivity index (χ4n) is 2.08. The Balaban J connectivity index is 2.42. The van der Waals surface area contributed by atoms with Gasteiger partial charge in [-0.3, -0.25) is 4.79 Å². The molecular formula is C16H18FN3O2. The number of hydrogen-bond acceptors (Lipinski definition) is 4. The molecule has 1 amide bonds. The van der Waals surface area contributed by atoms with Crippen LogP contribution in [-0.2, 0) is 0 Å². The summed E-state index contributed by atoms with van der Waals surface area (Å²) in [6, 6.07) is 3.67. The average molecular weight is 304 g/mol. The van der Waals surface area contributed by atoms with Crippen molar-refractivity contribution in [1.29, 1.82) is 0 Å². The van der Waals surface area contributed by atoms with E-state index < -0.39 is 5.82 Å². The molecule has 1 aromatic carbocycles. The molecule has 0 fully saturated rings. The molecule has 0 N–H and O–H groups in total. The first-order valence-electron chi connectivity index (χ1n) is 7.49. The Labute approximate surface area is 130 Å². The molecule has 0 aliphatic heterocycles. The van der Waals surface area contributed by atoms with Gasteiger partial charge in [0.05, 0.1) is 19.3 Å². The van der Waals surface area contributed by atoms with Gasteiger partial charge >= 0.3 is 0 Å². The lowest BCUT2D eigenvalue weighted by molar-refractivity contribution is 0.0713. The van der Waals surface area contributed by atoms with Crippen LogP contribution in [0.3, 0.4) is 0 Å². The molecule has 0 saturated carbocycles. The summed E-state index contributed by atoms with van der Waals surface area (Å²) in [7, 11) is 0. The molecule has 116 valence electrons. The second-order valence-corrected chi connectivity index (χ2v) is 4.93. The second kappa shape index (κ2) is 6.98. The van der Waals surface area contributed by atoms with Crippen LogP contribution >= 0.6 is 0 Å². The van der Waals surface area contributed by atoms with E-state index in [0.29, 0.717) is 6.54 Å². The lowest BCUT2D eigenvalue weighted by atomic mass is 10.1. The molecule has 0 saturated heterocycles. The molecule has 5 nitrogen and oxygen atoms in total. The van der Waals surface area contributed by atoms with Crippen LogP contribution in [0.2, 0.25) is 0 Å². The van der Waals surface area contributed by atoms with Crippen molar-refractivity contribution < 1.29 is 15.3 Å². The SMILES string of the molecule is [2H]c1ncncc1Oc1ccc(F)cc1C(=O)N(CC)C(C)C. The summed E-state index contributed by atoms with van der Waals surface area (Å²) in [5, 5.41) is 0. The Kier molecular flexibility index (Phi) is 4.58. The standard InChI is InChI=1S/C16H18FN3O2/c1-4-20(11(2)3)16(21)14-7-12(17)5-6-15(14)22-13-8-18-10-19-9-13/h5-11H,4H2,1-3H3/i8D. The van der Waals surface area contributed by atoms with Crippen LogP contribution in [0.1, 0.15) is 32.5 Å². The fourth-order valence-corrected chi connectivity index (χ4v) is 2.08. The van der Waals surface area contributed by atoms with Gasteiger partial charge in [0.15, 0.2) is 5.75 Å². The number of ether oxygens (including phenoxy) is 1. The highest BCUT2D eigenvalue weighted by Gasteiger charge is 2.22. The normalized spacial score (nSPS) is 11.2. The van der Waals surface area contributed by atoms with Gasteiger partial charge < -0.3 is 9.64 Å². The number of carbonyl (C=O) groups excluding carboxylic acids is 1. The summed E-state index contributed by atoms with van der Waals surface area (Å²) < 4.78 is 26.9. The molecule has 0 radical (unpaired) electrons. The van der Waals surface area contributed by atoms with E-state index >= 15 is 0 Å². The van der Waals surface area contributed by atoms with E-state index in [1.54, 1.807) is 4.90 Å². The molecular weight excluding hydrogens is 285 g/mol. The largest absolute Gasteiger partial charge is 0.453 e. The first-order chi connectivity index (χ1) is 10.9. The molecule has 0 bridgehead atoms. The fraction of sp³-hybridized carbons (Fsp3) is 0.312. The van der Waals surface area contributed by atoms with E-state index in [2.05, 4.69) is 9.97 Å². The van der Waals surface area contributed by atoms with Crippen LogP contribution in [-0.4, -0.2) is 33.4 Å². The van der Waals surface area contributed by atoms with Crippen molar-refractivity contribution in [2.75, 3.05) is 6.54 Å². The maximum absolute atomic E-state index is 13.6. The van der Waals surface area contributed by atoms with Gasteiger partial charge in [0.2, 0.25) is 0 Å². The molecule has 1 heterocycles. The summed E-state index contributed by atoms with van der Waals surface area (Å²) >= 11 is 0. The van der Waals surface area contributed by atoms with Crippen LogP contribution in [0.5, 0.6) is 11.5 Å². The molecule has 2 aromatic rings. The Hall–Kier alpha value is -2.50. The highest BCUT2D eigenvalue weighted by Crippen LogP contribution is 2.27. The smallest absolute Gasteiger partial charge is 0.257 e. The highest BCUT2D eigenvalue weighted by molar-refractivity contribution is 5.97. The molecule has 2 rings (SSSR count). The van der Waals surface area contributed by atoms with Crippen molar-refractivity contribution in [2.24, 2.45) is 0 Å². The lowest BCUT2D eigenvalue weighted by Gasteiger charge is -2.26. The average Bonchev–Trinajstić information content (AvgIpc) is 2.51. The summed E-state index contributed by atoms with van der Waals surface area (Å²) in [6.45, 7) is 6.11. The highest BCUT2D eigenvalue weighted by atomic mass is 19.1. The minimum atomic E-state index is -0.532. The summed E-state index contributed by atoms with van der Waals surface area (Å²) in [6.07, 6.45) is 2.44. The molecule has 1 aromatic heterocycles. The first kappa shape index (κ1) is 14.4. The third-order valence-corrected chi connectivity index (χ3v) is 3.11. The third-order valence-electron chi connectivity index (χ3n) is 3.11. The maximum Gasteiger partial charge on any atom is 0.257 e. The van der Waals surface area contributed by atoms with Gasteiger partial charge in [-0.2, -0.15) is 0 Å². The van der Waals surface area contributed by atoms with E-state index in [-0.39, 0.29) is 35.2 Å². The Morgan fingerprint density at radius 3 is 2.86 bits per heavy atom. The number of amides is 1. The van der Waals surface area contributed by atoms with Gasteiger partial charge in [-0.25, -0.2) is 14.4 Å². The molecule has 0 aliphatic carbocycles. The maximum atomic E-state index is 13.6. The van der Waals surface area contributed by atoms with Crippen LogP contribution in [0.25, 0.3) is 0 Å². The topological polar surface area (TPSA) is 55.3 Å². The minimum Gasteiger partial charge on any atom is -0.453 e.